The van der Waals surface area contributed by atoms with E-state index in [-0.39, 0.29) is 5.82 Å². The predicted octanol–water partition coefficient (Wildman–Crippen LogP) is 2.98. The van der Waals surface area contributed by atoms with Gasteiger partial charge in [-0.05, 0) is 49.1 Å². The van der Waals surface area contributed by atoms with Crippen LogP contribution >= 0.6 is 11.8 Å². The van der Waals surface area contributed by atoms with E-state index in [4.69, 9.17) is 0 Å². The van der Waals surface area contributed by atoms with E-state index in [1.165, 1.54) is 30.7 Å². The summed E-state index contributed by atoms with van der Waals surface area (Å²) in [6, 6.07) is 6.13. The van der Waals surface area contributed by atoms with Crippen LogP contribution in [-0.2, 0) is 0 Å². The molecule has 1 atom stereocenters. The number of unbranched alkanes of at least 4 members (excludes halogenated alkanes) is 2. The predicted molar refractivity (Wildman–Crippen MR) is 76.5 cm³/mol. The third-order valence-corrected chi connectivity index (χ3v) is 3.47. The normalized spacial score (nSPS) is 12.6. The molecule has 1 unspecified atom stereocenters. The molecule has 0 aliphatic heterocycles. The Morgan fingerprint density at radius 2 is 2.17 bits per heavy atom. The Balaban J connectivity index is 2.12. The number of hydrogen-bond acceptors (Lipinski definition) is 3. The summed E-state index contributed by atoms with van der Waals surface area (Å²) in [6.45, 7) is 1.38. The molecule has 2 N–H and O–H groups in total. The zero-order valence-electron chi connectivity index (χ0n) is 10.9. The van der Waals surface area contributed by atoms with Gasteiger partial charge in [0.2, 0.25) is 0 Å². The van der Waals surface area contributed by atoms with Crippen molar-refractivity contribution in [3.63, 3.8) is 0 Å². The van der Waals surface area contributed by atoms with Crippen LogP contribution in [0.15, 0.2) is 24.3 Å². The summed E-state index contributed by atoms with van der Waals surface area (Å²) in [7, 11) is 0. The van der Waals surface area contributed by atoms with Gasteiger partial charge in [-0.1, -0.05) is 18.6 Å². The summed E-state index contributed by atoms with van der Waals surface area (Å²) in [5.74, 6) is 0.912. The van der Waals surface area contributed by atoms with Gasteiger partial charge >= 0.3 is 0 Å². The zero-order chi connectivity index (χ0) is 13.2. The molecule has 1 rings (SSSR count). The maximum Gasteiger partial charge on any atom is 0.123 e. The van der Waals surface area contributed by atoms with E-state index in [1.54, 1.807) is 12.1 Å². The Labute approximate surface area is 113 Å². The first-order chi connectivity index (χ1) is 8.74. The average Bonchev–Trinajstić information content (AvgIpc) is 2.37. The first-order valence-corrected chi connectivity index (χ1v) is 7.76. The van der Waals surface area contributed by atoms with Crippen molar-refractivity contribution in [1.82, 2.24) is 5.32 Å². The number of hydrogen-bond donors (Lipinski definition) is 2. The van der Waals surface area contributed by atoms with Crippen LogP contribution in [0.2, 0.25) is 0 Å². The molecule has 0 aliphatic rings. The monoisotopic (exact) mass is 271 g/mol. The lowest BCUT2D eigenvalue weighted by atomic mass is 10.1. The van der Waals surface area contributed by atoms with E-state index in [2.05, 4.69) is 11.6 Å². The van der Waals surface area contributed by atoms with Gasteiger partial charge < -0.3 is 10.4 Å². The fourth-order valence-electron chi connectivity index (χ4n) is 1.74. The zero-order valence-corrected chi connectivity index (χ0v) is 11.7. The quantitative estimate of drug-likeness (QED) is 0.677. The summed E-state index contributed by atoms with van der Waals surface area (Å²) in [4.78, 5) is 0. The number of aliphatic hydroxyl groups excluding tert-OH is 1. The van der Waals surface area contributed by atoms with Gasteiger partial charge in [-0.2, -0.15) is 11.8 Å². The first-order valence-electron chi connectivity index (χ1n) is 6.37. The van der Waals surface area contributed by atoms with Crippen LogP contribution in [0.25, 0.3) is 0 Å². The van der Waals surface area contributed by atoms with E-state index >= 15 is 0 Å². The van der Waals surface area contributed by atoms with Gasteiger partial charge in [-0.3, -0.25) is 0 Å². The number of rotatable bonds is 9. The Morgan fingerprint density at radius 1 is 1.33 bits per heavy atom. The second-order valence-corrected chi connectivity index (χ2v) is 5.31. The number of benzene rings is 1. The Hall–Kier alpha value is -0.580. The molecule has 0 bridgehead atoms. The molecule has 2 nitrogen and oxygen atoms in total. The largest absolute Gasteiger partial charge is 0.387 e. The molecule has 1 aromatic rings. The maximum absolute atomic E-state index is 13.0. The highest BCUT2D eigenvalue weighted by atomic mass is 32.2. The third-order valence-electron chi connectivity index (χ3n) is 2.77. The summed E-state index contributed by atoms with van der Waals surface area (Å²) in [6.07, 6.45) is 5.07. The second-order valence-electron chi connectivity index (χ2n) is 4.33. The van der Waals surface area contributed by atoms with Crippen molar-refractivity contribution in [2.45, 2.75) is 25.4 Å². The lowest BCUT2D eigenvalue weighted by Gasteiger charge is -2.12. The Morgan fingerprint density at radius 3 is 2.89 bits per heavy atom. The second kappa shape index (κ2) is 9.36. The lowest BCUT2D eigenvalue weighted by Crippen LogP contribution is -2.22. The van der Waals surface area contributed by atoms with E-state index in [0.717, 1.165) is 13.0 Å². The molecule has 18 heavy (non-hydrogen) atoms. The molecule has 4 heteroatoms. The Bertz CT molecular complexity index is 335. The summed E-state index contributed by atoms with van der Waals surface area (Å²) < 4.78 is 13.0. The first kappa shape index (κ1) is 15.5. The molecule has 0 heterocycles. The molecule has 102 valence electrons. The van der Waals surface area contributed by atoms with Crippen LogP contribution in [0.4, 0.5) is 4.39 Å². The minimum Gasteiger partial charge on any atom is -0.387 e. The van der Waals surface area contributed by atoms with E-state index in [9.17, 15) is 9.50 Å². The molecule has 0 aromatic heterocycles. The van der Waals surface area contributed by atoms with Crippen LogP contribution in [0.5, 0.6) is 0 Å². The Kier molecular flexibility index (Phi) is 8.05. The van der Waals surface area contributed by atoms with E-state index < -0.39 is 6.10 Å². The molecule has 0 amide bonds. The summed E-state index contributed by atoms with van der Waals surface area (Å²) in [5, 5.41) is 13.1. The van der Waals surface area contributed by atoms with Gasteiger partial charge in [0.15, 0.2) is 0 Å². The SMILES string of the molecule is CSCCCCCNCC(O)c1cccc(F)c1. The molecule has 1 aromatic carbocycles. The number of nitrogens with one attached hydrogen (secondary N) is 1. The van der Waals surface area contributed by atoms with Gasteiger partial charge in [-0.25, -0.2) is 4.39 Å². The van der Waals surface area contributed by atoms with Crippen LogP contribution in [0, 0.1) is 5.82 Å². The van der Waals surface area contributed by atoms with Crippen molar-refractivity contribution in [1.29, 1.82) is 0 Å². The molecule has 0 fully saturated rings. The van der Waals surface area contributed by atoms with Gasteiger partial charge in [0.1, 0.15) is 5.82 Å². The van der Waals surface area contributed by atoms with Gasteiger partial charge in [0.25, 0.3) is 0 Å². The standard InChI is InChI=1S/C14H22FNOS/c1-18-9-4-2-3-8-16-11-14(17)12-6-5-7-13(15)10-12/h5-7,10,14,16-17H,2-4,8-9,11H2,1H3. The van der Waals surface area contributed by atoms with Gasteiger partial charge in [-0.15, -0.1) is 0 Å². The lowest BCUT2D eigenvalue weighted by molar-refractivity contribution is 0.174. The molecule has 0 saturated heterocycles. The van der Waals surface area contributed by atoms with E-state index in [1.807, 2.05) is 11.8 Å². The molecule has 0 radical (unpaired) electrons. The molecular weight excluding hydrogens is 249 g/mol. The van der Waals surface area contributed by atoms with E-state index in [0.29, 0.717) is 12.1 Å². The topological polar surface area (TPSA) is 32.3 Å². The molecule has 0 spiro atoms. The average molecular weight is 271 g/mol. The van der Waals surface area contributed by atoms with Crippen molar-refractivity contribution in [2.24, 2.45) is 0 Å². The van der Waals surface area contributed by atoms with Crippen molar-refractivity contribution >= 4 is 11.8 Å². The number of thioether (sulfide) groups is 1. The van der Waals surface area contributed by atoms with Crippen molar-refractivity contribution in [3.05, 3.63) is 35.6 Å². The van der Waals surface area contributed by atoms with Crippen molar-refractivity contribution < 1.29 is 9.50 Å². The highest BCUT2D eigenvalue weighted by molar-refractivity contribution is 7.98. The van der Waals surface area contributed by atoms with Crippen LogP contribution in [0.1, 0.15) is 30.9 Å². The number of aliphatic hydroxyl groups is 1. The number of halogens is 1. The fraction of sp³-hybridized carbons (Fsp3) is 0.571. The van der Waals surface area contributed by atoms with Crippen molar-refractivity contribution in [2.75, 3.05) is 25.1 Å². The third kappa shape index (κ3) is 6.38. The van der Waals surface area contributed by atoms with Crippen molar-refractivity contribution in [3.8, 4) is 0 Å². The summed E-state index contributed by atoms with van der Waals surface area (Å²) >= 11 is 1.87. The fourth-order valence-corrected chi connectivity index (χ4v) is 2.24. The van der Waals surface area contributed by atoms with Gasteiger partial charge in [0.05, 0.1) is 6.10 Å². The van der Waals surface area contributed by atoms with Crippen LogP contribution < -0.4 is 5.32 Å². The molecular formula is C14H22FNOS. The van der Waals surface area contributed by atoms with Crippen LogP contribution in [-0.4, -0.2) is 30.2 Å². The van der Waals surface area contributed by atoms with Gasteiger partial charge in [0, 0.05) is 6.54 Å². The highest BCUT2D eigenvalue weighted by Gasteiger charge is 2.07. The minimum atomic E-state index is -0.633. The minimum absolute atomic E-state index is 0.302. The van der Waals surface area contributed by atoms with Crippen LogP contribution in [0.3, 0.4) is 0 Å². The highest BCUT2D eigenvalue weighted by Crippen LogP contribution is 2.12. The maximum atomic E-state index is 13.0. The summed E-state index contributed by atoms with van der Waals surface area (Å²) in [5.41, 5.74) is 0.630. The molecule has 0 saturated carbocycles. The smallest absolute Gasteiger partial charge is 0.123 e. The molecule has 0 aliphatic carbocycles.